The third-order valence-electron chi connectivity index (χ3n) is 2.49. The zero-order valence-corrected chi connectivity index (χ0v) is 9.78. The van der Waals surface area contributed by atoms with Gasteiger partial charge in [-0.05, 0) is 6.07 Å². The highest BCUT2D eigenvalue weighted by atomic mass is 35.5. The van der Waals surface area contributed by atoms with Crippen LogP contribution < -0.4 is 4.90 Å². The van der Waals surface area contributed by atoms with E-state index in [1.807, 2.05) is 0 Å². The van der Waals surface area contributed by atoms with E-state index in [0.29, 0.717) is 26.3 Å². The molecule has 1 fully saturated rings. The third kappa shape index (κ3) is 3.04. The Balaban J connectivity index is 0.00000144. The van der Waals surface area contributed by atoms with Crippen LogP contribution in [-0.2, 0) is 4.74 Å². The zero-order chi connectivity index (χ0) is 11.5. The highest BCUT2D eigenvalue weighted by Crippen LogP contribution is 2.25. The van der Waals surface area contributed by atoms with Gasteiger partial charge in [-0.25, -0.2) is 4.39 Å². The quantitative estimate of drug-likeness (QED) is 0.604. The Labute approximate surface area is 104 Å². The molecule has 7 heteroatoms. The van der Waals surface area contributed by atoms with Crippen molar-refractivity contribution in [3.05, 3.63) is 34.1 Å². The van der Waals surface area contributed by atoms with E-state index in [1.165, 1.54) is 12.1 Å². The minimum Gasteiger partial charge on any atom is -0.378 e. The number of hydrogen-bond acceptors (Lipinski definition) is 4. The standard InChI is InChI=1S/C10H11FN2O3.ClH/c11-9-2-1-8(13(14)15)7-10(9)12-3-5-16-6-4-12;/h1-2,7H,3-6H2;1H. The first-order chi connectivity index (χ1) is 7.68. The Morgan fingerprint density at radius 1 is 1.35 bits per heavy atom. The number of hydrogen-bond donors (Lipinski definition) is 0. The number of benzene rings is 1. The van der Waals surface area contributed by atoms with Gasteiger partial charge in [0.2, 0.25) is 0 Å². The summed E-state index contributed by atoms with van der Waals surface area (Å²) < 4.78 is 18.7. The largest absolute Gasteiger partial charge is 0.378 e. The Morgan fingerprint density at radius 3 is 2.59 bits per heavy atom. The van der Waals surface area contributed by atoms with Crippen molar-refractivity contribution in [3.8, 4) is 0 Å². The lowest BCUT2D eigenvalue weighted by atomic mass is 10.2. The smallest absolute Gasteiger partial charge is 0.271 e. The molecule has 1 saturated heterocycles. The molecule has 1 aromatic rings. The van der Waals surface area contributed by atoms with Gasteiger partial charge in [0.25, 0.3) is 5.69 Å². The predicted octanol–water partition coefficient (Wildman–Crippen LogP) is 1.99. The lowest BCUT2D eigenvalue weighted by Gasteiger charge is -2.28. The molecule has 0 amide bonds. The molecule has 0 bridgehead atoms. The number of nitro groups is 1. The second-order valence-corrected chi connectivity index (χ2v) is 3.49. The van der Waals surface area contributed by atoms with Crippen LogP contribution in [0.2, 0.25) is 0 Å². The monoisotopic (exact) mass is 262 g/mol. The maximum absolute atomic E-state index is 13.5. The van der Waals surface area contributed by atoms with Crippen LogP contribution in [0.15, 0.2) is 18.2 Å². The molecule has 0 saturated carbocycles. The van der Waals surface area contributed by atoms with E-state index < -0.39 is 10.7 Å². The van der Waals surface area contributed by atoms with Crippen molar-refractivity contribution in [1.82, 2.24) is 0 Å². The molecule has 0 spiro atoms. The Bertz CT molecular complexity index is 411. The normalized spacial score (nSPS) is 15.2. The van der Waals surface area contributed by atoms with E-state index in [-0.39, 0.29) is 23.8 Å². The number of morpholine rings is 1. The van der Waals surface area contributed by atoms with Crippen LogP contribution in [0.5, 0.6) is 0 Å². The average Bonchev–Trinajstić information content (AvgIpc) is 2.30. The molecule has 17 heavy (non-hydrogen) atoms. The van der Waals surface area contributed by atoms with Crippen LogP contribution in [0.4, 0.5) is 15.8 Å². The first-order valence-corrected chi connectivity index (χ1v) is 4.95. The lowest BCUT2D eigenvalue weighted by molar-refractivity contribution is -0.384. The fourth-order valence-corrected chi connectivity index (χ4v) is 1.66. The second-order valence-electron chi connectivity index (χ2n) is 3.49. The summed E-state index contributed by atoms with van der Waals surface area (Å²) in [4.78, 5) is 11.8. The maximum atomic E-state index is 13.5. The fourth-order valence-electron chi connectivity index (χ4n) is 1.66. The SMILES string of the molecule is Cl.O=[N+]([O-])c1ccc(F)c(N2CCOCC2)c1. The third-order valence-corrected chi connectivity index (χ3v) is 2.49. The van der Waals surface area contributed by atoms with Gasteiger partial charge in [-0.2, -0.15) is 0 Å². The van der Waals surface area contributed by atoms with Gasteiger partial charge < -0.3 is 9.64 Å². The number of halogens is 2. The maximum Gasteiger partial charge on any atom is 0.271 e. The van der Waals surface area contributed by atoms with Crippen molar-refractivity contribution < 1.29 is 14.1 Å². The predicted molar refractivity (Wildman–Crippen MR) is 63.3 cm³/mol. The van der Waals surface area contributed by atoms with Crippen LogP contribution in [0.25, 0.3) is 0 Å². The van der Waals surface area contributed by atoms with Crippen molar-refractivity contribution >= 4 is 23.8 Å². The second kappa shape index (κ2) is 5.79. The van der Waals surface area contributed by atoms with Crippen LogP contribution >= 0.6 is 12.4 Å². The van der Waals surface area contributed by atoms with Gasteiger partial charge in [-0.3, -0.25) is 10.1 Å². The molecule has 0 radical (unpaired) electrons. The van der Waals surface area contributed by atoms with Crippen molar-refractivity contribution in [2.45, 2.75) is 0 Å². The number of non-ortho nitro benzene ring substituents is 1. The van der Waals surface area contributed by atoms with E-state index in [0.717, 1.165) is 6.07 Å². The molecule has 1 heterocycles. The van der Waals surface area contributed by atoms with Crippen molar-refractivity contribution in [2.75, 3.05) is 31.2 Å². The summed E-state index contributed by atoms with van der Waals surface area (Å²) in [5, 5.41) is 10.6. The number of nitrogens with zero attached hydrogens (tertiary/aromatic N) is 2. The van der Waals surface area contributed by atoms with Gasteiger partial charge in [-0.1, -0.05) is 0 Å². The molecule has 1 aliphatic rings. The minimum atomic E-state index is -0.524. The molecule has 0 unspecified atom stereocenters. The van der Waals surface area contributed by atoms with Gasteiger partial charge in [0, 0.05) is 25.2 Å². The Kier molecular flexibility index (Phi) is 4.65. The lowest BCUT2D eigenvalue weighted by Crippen LogP contribution is -2.36. The van der Waals surface area contributed by atoms with Gasteiger partial charge in [0.1, 0.15) is 5.82 Å². The summed E-state index contributed by atoms with van der Waals surface area (Å²) in [6.45, 7) is 2.14. The zero-order valence-electron chi connectivity index (χ0n) is 8.97. The fraction of sp³-hybridized carbons (Fsp3) is 0.400. The highest BCUT2D eigenvalue weighted by molar-refractivity contribution is 5.85. The van der Waals surface area contributed by atoms with Crippen molar-refractivity contribution in [1.29, 1.82) is 0 Å². The van der Waals surface area contributed by atoms with Crippen LogP contribution in [-0.4, -0.2) is 31.2 Å². The van der Waals surface area contributed by atoms with E-state index >= 15 is 0 Å². The van der Waals surface area contributed by atoms with Crippen LogP contribution in [0.1, 0.15) is 0 Å². The van der Waals surface area contributed by atoms with E-state index in [2.05, 4.69) is 0 Å². The number of anilines is 1. The van der Waals surface area contributed by atoms with Gasteiger partial charge in [0.15, 0.2) is 0 Å². The van der Waals surface area contributed by atoms with Crippen LogP contribution in [0.3, 0.4) is 0 Å². The molecule has 0 N–H and O–H groups in total. The van der Waals surface area contributed by atoms with E-state index in [1.54, 1.807) is 4.90 Å². The summed E-state index contributed by atoms with van der Waals surface area (Å²) in [5.41, 5.74) is 0.181. The molecular weight excluding hydrogens is 251 g/mol. The van der Waals surface area contributed by atoms with Crippen LogP contribution in [0, 0.1) is 15.9 Å². The molecule has 0 aliphatic carbocycles. The number of nitro benzene ring substituents is 1. The van der Waals surface area contributed by atoms with Gasteiger partial charge in [-0.15, -0.1) is 12.4 Å². The summed E-state index contributed by atoms with van der Waals surface area (Å²) in [5.74, 6) is -0.438. The molecular formula is C10H12ClFN2O3. The van der Waals surface area contributed by atoms with Gasteiger partial charge >= 0.3 is 0 Å². The molecule has 0 aromatic heterocycles. The summed E-state index contributed by atoms with van der Waals surface area (Å²) in [6, 6.07) is 3.56. The molecule has 1 aliphatic heterocycles. The molecule has 0 atom stereocenters. The Morgan fingerprint density at radius 2 is 2.00 bits per heavy atom. The molecule has 5 nitrogen and oxygen atoms in total. The highest BCUT2D eigenvalue weighted by Gasteiger charge is 2.18. The summed E-state index contributed by atoms with van der Waals surface area (Å²) in [7, 11) is 0. The first-order valence-electron chi connectivity index (χ1n) is 4.95. The molecule has 1 aromatic carbocycles. The average molecular weight is 263 g/mol. The topological polar surface area (TPSA) is 55.6 Å². The molecule has 94 valence electrons. The number of rotatable bonds is 2. The van der Waals surface area contributed by atoms with E-state index in [4.69, 9.17) is 4.74 Å². The number of ether oxygens (including phenoxy) is 1. The summed E-state index contributed by atoms with van der Waals surface area (Å²) >= 11 is 0. The Hall–Kier alpha value is -1.40. The first kappa shape index (κ1) is 13.7. The molecule has 2 rings (SSSR count). The van der Waals surface area contributed by atoms with Crippen molar-refractivity contribution in [2.24, 2.45) is 0 Å². The summed E-state index contributed by atoms with van der Waals surface area (Å²) in [6.07, 6.45) is 0. The minimum absolute atomic E-state index is 0. The van der Waals surface area contributed by atoms with Gasteiger partial charge in [0.05, 0.1) is 23.8 Å². The van der Waals surface area contributed by atoms with Crippen molar-refractivity contribution in [3.63, 3.8) is 0 Å². The van der Waals surface area contributed by atoms with E-state index in [9.17, 15) is 14.5 Å².